The van der Waals surface area contributed by atoms with Gasteiger partial charge in [0.25, 0.3) is 0 Å². The van der Waals surface area contributed by atoms with Crippen LogP contribution in [0, 0.1) is 0 Å². The highest BCUT2D eigenvalue weighted by Gasteiger charge is 2.30. The lowest BCUT2D eigenvalue weighted by molar-refractivity contribution is 0.355. The maximum Gasteiger partial charge on any atom is 0.162 e. The lowest BCUT2D eigenvalue weighted by atomic mass is 10.1. The van der Waals surface area contributed by atoms with Gasteiger partial charge in [-0.3, -0.25) is 0 Å². The highest BCUT2D eigenvalue weighted by molar-refractivity contribution is 5.92. The van der Waals surface area contributed by atoms with E-state index in [0.29, 0.717) is 17.4 Å². The Morgan fingerprint density at radius 2 is 1.48 bits per heavy atom. The quantitative estimate of drug-likeness (QED) is 0.582. The van der Waals surface area contributed by atoms with Crippen molar-refractivity contribution in [3.05, 3.63) is 36.2 Å². The van der Waals surface area contributed by atoms with Gasteiger partial charge in [0, 0.05) is 56.3 Å². The van der Waals surface area contributed by atoms with Crippen molar-refractivity contribution in [3.8, 4) is 17.2 Å². The largest absolute Gasteiger partial charge is 0.495 e. The van der Waals surface area contributed by atoms with Gasteiger partial charge in [-0.25, -0.2) is 9.97 Å². The minimum atomic E-state index is 0.469. The van der Waals surface area contributed by atoms with Crippen molar-refractivity contribution in [2.45, 2.75) is 18.8 Å². The number of hydrogen-bond acceptors (Lipinski definition) is 8. The summed E-state index contributed by atoms with van der Waals surface area (Å²) in [5.74, 6) is 4.67. The Balaban J connectivity index is 1.47. The van der Waals surface area contributed by atoms with E-state index >= 15 is 0 Å². The monoisotopic (exact) mass is 449 g/mol. The molecule has 2 fully saturated rings. The maximum absolute atomic E-state index is 5.63. The lowest BCUT2D eigenvalue weighted by Crippen LogP contribution is -2.47. The van der Waals surface area contributed by atoms with Crippen LogP contribution >= 0.6 is 0 Å². The predicted octanol–water partition coefficient (Wildman–Crippen LogP) is 3.90. The fraction of sp³-hybridized carbons (Fsp3) is 0.440. The molecule has 1 saturated carbocycles. The van der Waals surface area contributed by atoms with Crippen LogP contribution in [-0.2, 0) is 0 Å². The van der Waals surface area contributed by atoms with Crippen LogP contribution in [0.5, 0.6) is 17.2 Å². The Hall–Kier alpha value is -3.42. The van der Waals surface area contributed by atoms with Gasteiger partial charge in [0.1, 0.15) is 17.4 Å². The van der Waals surface area contributed by atoms with Crippen molar-refractivity contribution in [2.24, 2.45) is 0 Å². The van der Waals surface area contributed by atoms with Crippen LogP contribution in [0.25, 0.3) is 10.9 Å². The number of nitrogens with one attached hydrogen (secondary N) is 1. The molecule has 2 aliphatic rings. The third-order valence-electron chi connectivity index (χ3n) is 6.53. The third-order valence-corrected chi connectivity index (χ3v) is 6.53. The summed E-state index contributed by atoms with van der Waals surface area (Å²) in [4.78, 5) is 14.7. The average molecular weight is 450 g/mol. The molecule has 1 aliphatic heterocycles. The Morgan fingerprint density at radius 3 is 2.12 bits per heavy atom. The first-order valence-electron chi connectivity index (χ1n) is 11.4. The Morgan fingerprint density at radius 1 is 0.818 bits per heavy atom. The van der Waals surface area contributed by atoms with Crippen molar-refractivity contribution >= 4 is 28.1 Å². The van der Waals surface area contributed by atoms with Crippen LogP contribution in [0.1, 0.15) is 24.6 Å². The molecule has 2 aromatic carbocycles. The molecule has 0 spiro atoms. The second-order valence-corrected chi connectivity index (χ2v) is 8.51. The number of piperazine rings is 1. The summed E-state index contributed by atoms with van der Waals surface area (Å²) in [5.41, 5.74) is 3.09. The van der Waals surface area contributed by atoms with E-state index < -0.39 is 0 Å². The van der Waals surface area contributed by atoms with E-state index in [1.54, 1.807) is 21.3 Å². The number of methoxy groups -OCH3 is 3. The highest BCUT2D eigenvalue weighted by Crippen LogP contribution is 2.42. The standard InChI is InChI=1S/C25H31N5O3/c1-26-17-7-8-21(31-2)20(13-17)29-9-11-30(12-10-29)25-18-14-22(32-3)23(33-4)15-19(18)27-24(28-25)16-5-6-16/h7-8,13-16,26H,5-6,9-12H2,1-4H3. The van der Waals surface area contributed by atoms with E-state index in [2.05, 4.69) is 21.2 Å². The number of ether oxygens (including phenoxy) is 3. The van der Waals surface area contributed by atoms with Crippen LogP contribution in [0.15, 0.2) is 30.3 Å². The molecule has 0 radical (unpaired) electrons. The molecule has 174 valence electrons. The number of anilines is 3. The molecule has 0 bridgehead atoms. The number of aromatic nitrogens is 2. The second-order valence-electron chi connectivity index (χ2n) is 8.51. The van der Waals surface area contributed by atoms with Crippen LogP contribution < -0.4 is 29.3 Å². The Kier molecular flexibility index (Phi) is 5.74. The first-order valence-corrected chi connectivity index (χ1v) is 11.4. The summed E-state index contributed by atoms with van der Waals surface area (Å²) in [6.07, 6.45) is 2.32. The van der Waals surface area contributed by atoms with Gasteiger partial charge in [-0.2, -0.15) is 0 Å². The van der Waals surface area contributed by atoms with Gasteiger partial charge in [-0.1, -0.05) is 0 Å². The molecule has 33 heavy (non-hydrogen) atoms. The molecule has 2 heterocycles. The average Bonchev–Trinajstić information content (AvgIpc) is 3.72. The van der Waals surface area contributed by atoms with E-state index in [0.717, 1.165) is 78.7 Å². The van der Waals surface area contributed by atoms with Gasteiger partial charge >= 0.3 is 0 Å². The Bertz CT molecular complexity index is 1160. The number of nitrogens with zero attached hydrogens (tertiary/aromatic N) is 4. The van der Waals surface area contributed by atoms with Crippen LogP contribution in [-0.4, -0.2) is 64.5 Å². The topological polar surface area (TPSA) is 72.0 Å². The number of benzene rings is 2. The summed E-state index contributed by atoms with van der Waals surface area (Å²) < 4.78 is 16.7. The molecule has 0 atom stereocenters. The van der Waals surface area contributed by atoms with Crippen LogP contribution in [0.4, 0.5) is 17.2 Å². The van der Waals surface area contributed by atoms with Crippen molar-refractivity contribution < 1.29 is 14.2 Å². The summed E-state index contributed by atoms with van der Waals surface area (Å²) in [7, 11) is 6.98. The van der Waals surface area contributed by atoms with Gasteiger partial charge in [-0.15, -0.1) is 0 Å². The van der Waals surface area contributed by atoms with E-state index in [1.165, 1.54) is 0 Å². The van der Waals surface area contributed by atoms with Gasteiger partial charge in [0.2, 0.25) is 0 Å². The van der Waals surface area contributed by atoms with E-state index in [1.807, 2.05) is 31.3 Å². The second kappa shape index (κ2) is 8.84. The van der Waals surface area contributed by atoms with Gasteiger partial charge < -0.3 is 29.3 Å². The molecular formula is C25H31N5O3. The van der Waals surface area contributed by atoms with Crippen molar-refractivity contribution in [1.82, 2.24) is 9.97 Å². The first-order chi connectivity index (χ1) is 16.1. The maximum atomic E-state index is 5.63. The molecule has 3 aromatic rings. The molecule has 0 amide bonds. The van der Waals surface area contributed by atoms with E-state index in [9.17, 15) is 0 Å². The van der Waals surface area contributed by atoms with Gasteiger partial charge in [-0.05, 0) is 37.1 Å². The highest BCUT2D eigenvalue weighted by atomic mass is 16.5. The van der Waals surface area contributed by atoms with Gasteiger partial charge in [0.15, 0.2) is 11.5 Å². The molecule has 5 rings (SSSR count). The molecular weight excluding hydrogens is 418 g/mol. The number of hydrogen-bond donors (Lipinski definition) is 1. The summed E-state index contributed by atoms with van der Waals surface area (Å²) in [6.45, 7) is 3.47. The lowest BCUT2D eigenvalue weighted by Gasteiger charge is -2.37. The molecule has 0 unspecified atom stereocenters. The van der Waals surface area contributed by atoms with Crippen LogP contribution in [0.3, 0.4) is 0 Å². The van der Waals surface area contributed by atoms with Gasteiger partial charge in [0.05, 0.1) is 32.5 Å². The zero-order valence-corrected chi connectivity index (χ0v) is 19.7. The minimum absolute atomic E-state index is 0.469. The van der Waals surface area contributed by atoms with Crippen molar-refractivity contribution in [3.63, 3.8) is 0 Å². The van der Waals surface area contributed by atoms with E-state index in [-0.39, 0.29) is 0 Å². The normalized spacial score (nSPS) is 16.1. The van der Waals surface area contributed by atoms with Crippen molar-refractivity contribution in [1.29, 1.82) is 0 Å². The number of fused-ring (bicyclic) bond motifs is 1. The van der Waals surface area contributed by atoms with E-state index in [4.69, 9.17) is 24.2 Å². The third kappa shape index (κ3) is 4.05. The van der Waals surface area contributed by atoms with Crippen molar-refractivity contribution in [2.75, 3.05) is 69.7 Å². The van der Waals surface area contributed by atoms with Crippen LogP contribution in [0.2, 0.25) is 0 Å². The SMILES string of the molecule is CNc1ccc(OC)c(N2CCN(c3nc(C4CC4)nc4cc(OC)c(OC)cc34)CC2)c1. The zero-order valence-electron chi connectivity index (χ0n) is 19.7. The minimum Gasteiger partial charge on any atom is -0.495 e. The fourth-order valence-electron chi connectivity index (χ4n) is 4.47. The zero-order chi connectivity index (χ0) is 22.9. The Labute approximate surface area is 194 Å². The summed E-state index contributed by atoms with van der Waals surface area (Å²) in [6, 6.07) is 10.2. The molecule has 1 N–H and O–H groups in total. The molecule has 8 nitrogen and oxygen atoms in total. The molecule has 1 saturated heterocycles. The molecule has 8 heteroatoms. The molecule has 1 aromatic heterocycles. The summed E-state index contributed by atoms with van der Waals surface area (Å²) in [5, 5.41) is 4.22. The smallest absolute Gasteiger partial charge is 0.162 e. The summed E-state index contributed by atoms with van der Waals surface area (Å²) >= 11 is 0. The predicted molar refractivity (Wildman–Crippen MR) is 132 cm³/mol. The first kappa shape index (κ1) is 21.4. The fourth-order valence-corrected chi connectivity index (χ4v) is 4.47. The molecule has 1 aliphatic carbocycles. The number of rotatable bonds is 7.